The Kier molecular flexibility index (Phi) is 4.38. The Bertz CT molecular complexity index is 309. The number of hydrogen-bond acceptors (Lipinski definition) is 3. The molecule has 0 aromatic rings. The van der Waals surface area contributed by atoms with Crippen LogP contribution in [0.1, 0.15) is 38.5 Å². The fourth-order valence-electron chi connectivity index (χ4n) is 3.88. The standard InChI is InChI=1S/C15H27N3O/c19-15(13-5-3-7-16-11-13)18-10-4-6-14(12-18)17-8-1-2-9-17/h13-14,16H,1-12H2. The maximum atomic E-state index is 12.6. The minimum atomic E-state index is 0.242. The number of carbonyl (C=O) groups excluding carboxylic acids is 1. The Morgan fingerprint density at radius 3 is 2.58 bits per heavy atom. The summed E-state index contributed by atoms with van der Waals surface area (Å²) in [6, 6.07) is 0.636. The summed E-state index contributed by atoms with van der Waals surface area (Å²) < 4.78 is 0. The van der Waals surface area contributed by atoms with Gasteiger partial charge in [0.2, 0.25) is 5.91 Å². The van der Waals surface area contributed by atoms with E-state index in [9.17, 15) is 4.79 Å². The first-order valence-corrected chi connectivity index (χ1v) is 8.08. The van der Waals surface area contributed by atoms with Crippen molar-refractivity contribution in [3.8, 4) is 0 Å². The van der Waals surface area contributed by atoms with Gasteiger partial charge in [-0.05, 0) is 58.2 Å². The maximum absolute atomic E-state index is 12.6. The maximum Gasteiger partial charge on any atom is 0.227 e. The Hall–Kier alpha value is -0.610. The number of nitrogens with one attached hydrogen (secondary N) is 1. The third-order valence-corrected chi connectivity index (χ3v) is 5.01. The lowest BCUT2D eigenvalue weighted by Gasteiger charge is -2.39. The second-order valence-corrected chi connectivity index (χ2v) is 6.37. The summed E-state index contributed by atoms with van der Waals surface area (Å²) in [6.45, 7) is 6.44. The van der Waals surface area contributed by atoms with Crippen molar-refractivity contribution >= 4 is 5.91 Å². The summed E-state index contributed by atoms with van der Waals surface area (Å²) in [7, 11) is 0. The average molecular weight is 265 g/mol. The Morgan fingerprint density at radius 2 is 1.84 bits per heavy atom. The van der Waals surface area contributed by atoms with Gasteiger partial charge in [0.05, 0.1) is 5.92 Å². The average Bonchev–Trinajstić information content (AvgIpc) is 3.02. The van der Waals surface area contributed by atoms with Crippen molar-refractivity contribution in [2.75, 3.05) is 39.3 Å². The Morgan fingerprint density at radius 1 is 1.00 bits per heavy atom. The molecule has 0 saturated carbocycles. The van der Waals surface area contributed by atoms with Crippen LogP contribution < -0.4 is 5.32 Å². The monoisotopic (exact) mass is 265 g/mol. The highest BCUT2D eigenvalue weighted by Gasteiger charge is 2.32. The summed E-state index contributed by atoms with van der Waals surface area (Å²) in [5.74, 6) is 0.655. The largest absolute Gasteiger partial charge is 0.341 e. The van der Waals surface area contributed by atoms with Crippen molar-refractivity contribution in [3.63, 3.8) is 0 Å². The summed E-state index contributed by atoms with van der Waals surface area (Å²) in [5, 5.41) is 3.36. The topological polar surface area (TPSA) is 35.6 Å². The van der Waals surface area contributed by atoms with Crippen LogP contribution in [0.5, 0.6) is 0 Å². The van der Waals surface area contributed by atoms with E-state index in [2.05, 4.69) is 15.1 Å². The molecule has 1 N–H and O–H groups in total. The highest BCUT2D eigenvalue weighted by molar-refractivity contribution is 5.79. The van der Waals surface area contributed by atoms with Crippen molar-refractivity contribution in [1.29, 1.82) is 0 Å². The van der Waals surface area contributed by atoms with Crippen LogP contribution in [-0.4, -0.2) is 61.0 Å². The summed E-state index contributed by atoms with van der Waals surface area (Å²) >= 11 is 0. The van der Waals surface area contributed by atoms with Crippen LogP contribution in [0.2, 0.25) is 0 Å². The molecule has 4 heteroatoms. The van der Waals surface area contributed by atoms with Crippen molar-refractivity contribution in [3.05, 3.63) is 0 Å². The van der Waals surface area contributed by atoms with Crippen LogP contribution in [0.25, 0.3) is 0 Å². The first-order valence-electron chi connectivity index (χ1n) is 8.08. The quantitative estimate of drug-likeness (QED) is 0.811. The van der Waals surface area contributed by atoms with Gasteiger partial charge in [-0.25, -0.2) is 0 Å². The molecule has 3 aliphatic rings. The van der Waals surface area contributed by atoms with Crippen LogP contribution in [0.4, 0.5) is 0 Å². The molecular weight excluding hydrogens is 238 g/mol. The third-order valence-electron chi connectivity index (χ3n) is 5.01. The zero-order chi connectivity index (χ0) is 13.1. The van der Waals surface area contributed by atoms with Crippen LogP contribution in [0.3, 0.4) is 0 Å². The lowest BCUT2D eigenvalue weighted by atomic mass is 9.96. The Balaban J connectivity index is 1.56. The van der Waals surface area contributed by atoms with Crippen molar-refractivity contribution in [1.82, 2.24) is 15.1 Å². The van der Waals surface area contributed by atoms with Gasteiger partial charge in [-0.3, -0.25) is 9.69 Å². The number of rotatable bonds is 2. The molecule has 1 amide bonds. The number of carbonyl (C=O) groups is 1. The molecule has 3 fully saturated rings. The van der Waals surface area contributed by atoms with Gasteiger partial charge in [-0.2, -0.15) is 0 Å². The van der Waals surface area contributed by atoms with Gasteiger partial charge in [0.1, 0.15) is 0 Å². The number of nitrogens with zero attached hydrogens (tertiary/aromatic N) is 2. The molecule has 4 nitrogen and oxygen atoms in total. The van der Waals surface area contributed by atoms with Gasteiger partial charge in [-0.1, -0.05) is 0 Å². The van der Waals surface area contributed by atoms with Gasteiger partial charge in [0.25, 0.3) is 0 Å². The molecular formula is C15H27N3O. The summed E-state index contributed by atoms with van der Waals surface area (Å²) in [5.41, 5.74) is 0. The second-order valence-electron chi connectivity index (χ2n) is 6.37. The van der Waals surface area contributed by atoms with E-state index in [1.807, 2.05) is 0 Å². The van der Waals surface area contributed by atoms with Crippen molar-refractivity contribution in [2.45, 2.75) is 44.6 Å². The first-order chi connectivity index (χ1) is 9.34. The van der Waals surface area contributed by atoms with E-state index < -0.39 is 0 Å². The van der Waals surface area contributed by atoms with Crippen LogP contribution in [0, 0.1) is 5.92 Å². The van der Waals surface area contributed by atoms with Gasteiger partial charge in [0, 0.05) is 25.7 Å². The van der Waals surface area contributed by atoms with Gasteiger partial charge < -0.3 is 10.2 Å². The predicted octanol–water partition coefficient (Wildman–Crippen LogP) is 1.07. The summed E-state index contributed by atoms with van der Waals surface area (Å²) in [6.07, 6.45) is 7.39. The van der Waals surface area contributed by atoms with Crippen LogP contribution in [-0.2, 0) is 4.79 Å². The molecule has 0 aliphatic carbocycles. The lowest BCUT2D eigenvalue weighted by molar-refractivity contribution is -0.138. The van der Waals surface area contributed by atoms with Gasteiger partial charge >= 0.3 is 0 Å². The van der Waals surface area contributed by atoms with E-state index in [1.54, 1.807) is 0 Å². The Labute approximate surface area is 116 Å². The number of hydrogen-bond donors (Lipinski definition) is 1. The molecule has 3 rings (SSSR count). The molecule has 0 radical (unpaired) electrons. The minimum Gasteiger partial charge on any atom is -0.341 e. The van der Waals surface area contributed by atoms with E-state index >= 15 is 0 Å². The number of amides is 1. The lowest BCUT2D eigenvalue weighted by Crippen LogP contribution is -2.52. The molecule has 19 heavy (non-hydrogen) atoms. The van der Waals surface area contributed by atoms with Crippen molar-refractivity contribution in [2.24, 2.45) is 5.92 Å². The zero-order valence-corrected chi connectivity index (χ0v) is 11.9. The van der Waals surface area contributed by atoms with Crippen LogP contribution >= 0.6 is 0 Å². The molecule has 3 heterocycles. The highest BCUT2D eigenvalue weighted by Crippen LogP contribution is 2.22. The first kappa shape index (κ1) is 13.4. The number of piperidine rings is 2. The second kappa shape index (κ2) is 6.23. The van der Waals surface area contributed by atoms with Gasteiger partial charge in [0.15, 0.2) is 0 Å². The SMILES string of the molecule is O=C(C1CCCNC1)N1CCCC(N2CCCC2)C1. The van der Waals surface area contributed by atoms with Crippen LogP contribution in [0.15, 0.2) is 0 Å². The van der Waals surface area contributed by atoms with E-state index in [1.165, 1.54) is 38.8 Å². The van der Waals surface area contributed by atoms with Gasteiger partial charge in [-0.15, -0.1) is 0 Å². The molecule has 0 aromatic carbocycles. The minimum absolute atomic E-state index is 0.242. The molecule has 2 unspecified atom stereocenters. The van der Waals surface area contributed by atoms with Crippen molar-refractivity contribution < 1.29 is 4.79 Å². The molecule has 2 atom stereocenters. The molecule has 108 valence electrons. The molecule has 0 aromatic heterocycles. The smallest absolute Gasteiger partial charge is 0.227 e. The van der Waals surface area contributed by atoms with E-state index in [-0.39, 0.29) is 5.92 Å². The highest BCUT2D eigenvalue weighted by atomic mass is 16.2. The zero-order valence-electron chi connectivity index (χ0n) is 11.9. The normalized spacial score (nSPS) is 33.6. The molecule has 0 bridgehead atoms. The molecule has 3 aliphatic heterocycles. The third kappa shape index (κ3) is 3.11. The summed E-state index contributed by atoms with van der Waals surface area (Å²) in [4.78, 5) is 17.3. The van der Waals surface area contributed by atoms with E-state index in [4.69, 9.17) is 0 Å². The fourth-order valence-corrected chi connectivity index (χ4v) is 3.88. The number of likely N-dealkylation sites (tertiary alicyclic amines) is 2. The predicted molar refractivity (Wildman–Crippen MR) is 76.0 cm³/mol. The van der Waals surface area contributed by atoms with E-state index in [0.717, 1.165) is 39.0 Å². The fraction of sp³-hybridized carbons (Fsp3) is 0.933. The molecule has 0 spiro atoms. The molecule has 3 saturated heterocycles. The van der Waals surface area contributed by atoms with E-state index in [0.29, 0.717) is 11.9 Å².